The van der Waals surface area contributed by atoms with Crippen LogP contribution in [-0.4, -0.2) is 52.5 Å². The van der Waals surface area contributed by atoms with E-state index in [2.05, 4.69) is 29.0 Å². The molecule has 4 rings (SSSR count). The first-order chi connectivity index (χ1) is 16.9. The minimum Gasteiger partial charge on any atom is -0.391 e. The van der Waals surface area contributed by atoms with Crippen LogP contribution in [0.2, 0.25) is 0 Å². The molecular weight excluding hydrogens is 474 g/mol. The molecule has 0 radical (unpaired) electrons. The van der Waals surface area contributed by atoms with Crippen LogP contribution >= 0.6 is 11.3 Å². The fourth-order valence-electron chi connectivity index (χ4n) is 4.59. The first-order valence-corrected chi connectivity index (χ1v) is 13.5. The van der Waals surface area contributed by atoms with Gasteiger partial charge in [0.25, 0.3) is 0 Å². The fraction of sp³-hybridized carbons (Fsp3) is 0.536. The third-order valence-electron chi connectivity index (χ3n) is 7.35. The van der Waals surface area contributed by atoms with E-state index in [0.29, 0.717) is 6.54 Å². The summed E-state index contributed by atoms with van der Waals surface area (Å²) in [5.41, 5.74) is 2.37. The fourth-order valence-corrected chi connectivity index (χ4v) is 5.52. The Hall–Kier alpha value is -2.71. The molecule has 8 heteroatoms. The number of carbonyl (C=O) groups excluding carboxylic acids is 3. The number of thiophene rings is 1. The predicted molar refractivity (Wildman–Crippen MR) is 141 cm³/mol. The van der Waals surface area contributed by atoms with Crippen molar-refractivity contribution in [3.05, 3.63) is 46.8 Å². The van der Waals surface area contributed by atoms with Crippen LogP contribution in [0, 0.1) is 17.8 Å². The molecule has 3 N–H and O–H groups in total. The van der Waals surface area contributed by atoms with E-state index in [0.717, 1.165) is 24.0 Å². The van der Waals surface area contributed by atoms with Gasteiger partial charge in [-0.15, -0.1) is 11.3 Å². The molecule has 2 aliphatic rings. The lowest BCUT2D eigenvalue weighted by Gasteiger charge is -2.36. The molecule has 1 saturated heterocycles. The molecule has 0 bridgehead atoms. The molecule has 2 aromatic rings. The normalized spacial score (nSPS) is 21.7. The van der Waals surface area contributed by atoms with Crippen molar-refractivity contribution in [1.82, 2.24) is 15.5 Å². The van der Waals surface area contributed by atoms with E-state index >= 15 is 0 Å². The number of hydrogen-bond acceptors (Lipinski definition) is 5. The van der Waals surface area contributed by atoms with E-state index in [9.17, 15) is 19.5 Å². The second-order valence-electron chi connectivity index (χ2n) is 11.6. The smallest absolute Gasteiger partial charge is 0.246 e. The van der Waals surface area contributed by atoms with Gasteiger partial charge in [-0.3, -0.25) is 14.4 Å². The zero-order valence-corrected chi connectivity index (χ0v) is 22.6. The van der Waals surface area contributed by atoms with Crippen molar-refractivity contribution >= 4 is 29.1 Å². The van der Waals surface area contributed by atoms with E-state index in [4.69, 9.17) is 0 Å². The average Bonchev–Trinajstić information content (AvgIpc) is 3.23. The molecule has 1 aliphatic heterocycles. The SMILES string of the molecule is Cc1ccsc1-c1ccc(CNC(=O)[C@@H]2C[C@@H](O)CN2C(=O)[C@@H](NC(=O)C2(C)CC2)C(C)(C)C)cc1. The Kier molecular flexibility index (Phi) is 7.30. The summed E-state index contributed by atoms with van der Waals surface area (Å²) >= 11 is 1.70. The number of carbonyl (C=O) groups is 3. The highest BCUT2D eigenvalue weighted by atomic mass is 32.1. The minimum absolute atomic E-state index is 0.0749. The van der Waals surface area contributed by atoms with Crippen molar-refractivity contribution in [2.45, 2.75) is 78.6 Å². The maximum atomic E-state index is 13.6. The molecule has 3 amide bonds. The van der Waals surface area contributed by atoms with Gasteiger partial charge in [0.1, 0.15) is 12.1 Å². The van der Waals surface area contributed by atoms with E-state index in [1.807, 2.05) is 52.0 Å². The topological polar surface area (TPSA) is 98.7 Å². The summed E-state index contributed by atoms with van der Waals surface area (Å²) in [5, 5.41) is 18.3. The Morgan fingerprint density at radius 2 is 1.83 bits per heavy atom. The number of aliphatic hydroxyl groups excluding tert-OH is 1. The van der Waals surface area contributed by atoms with Gasteiger partial charge in [0.15, 0.2) is 0 Å². The number of hydrogen-bond donors (Lipinski definition) is 3. The summed E-state index contributed by atoms with van der Waals surface area (Å²) in [6.45, 7) is 10.1. The molecule has 2 heterocycles. The first-order valence-electron chi connectivity index (χ1n) is 12.6. The van der Waals surface area contributed by atoms with Crippen LogP contribution in [0.3, 0.4) is 0 Å². The van der Waals surface area contributed by atoms with E-state index in [-0.39, 0.29) is 30.7 Å². The largest absolute Gasteiger partial charge is 0.391 e. The molecule has 1 saturated carbocycles. The Balaban J connectivity index is 1.42. The molecule has 0 spiro atoms. The second-order valence-corrected chi connectivity index (χ2v) is 12.5. The Bertz CT molecular complexity index is 1130. The standard InChI is InChI=1S/C28H37N3O4S/c1-17-10-13-36-22(17)19-8-6-18(7-9-19)15-29-24(33)21-14-20(32)16-31(21)25(34)23(27(2,3)4)30-26(35)28(5)11-12-28/h6-10,13,20-21,23,32H,11-12,14-16H2,1-5H3,(H,29,33)(H,30,35)/t20-,21+,23-/m1/s1. The third kappa shape index (κ3) is 5.65. The van der Waals surface area contributed by atoms with Crippen molar-refractivity contribution in [3.8, 4) is 10.4 Å². The number of nitrogens with zero attached hydrogens (tertiary/aromatic N) is 1. The summed E-state index contributed by atoms with van der Waals surface area (Å²) < 4.78 is 0. The number of amides is 3. The molecular formula is C28H37N3O4S. The molecule has 1 aliphatic carbocycles. The van der Waals surface area contributed by atoms with Crippen LogP contribution in [0.4, 0.5) is 0 Å². The van der Waals surface area contributed by atoms with Crippen LogP contribution in [0.15, 0.2) is 35.7 Å². The molecule has 1 aromatic heterocycles. The van der Waals surface area contributed by atoms with Crippen molar-refractivity contribution in [3.63, 3.8) is 0 Å². The number of aryl methyl sites for hydroxylation is 1. The highest BCUT2D eigenvalue weighted by molar-refractivity contribution is 7.13. The van der Waals surface area contributed by atoms with Gasteiger partial charge < -0.3 is 20.6 Å². The number of likely N-dealkylation sites (tertiary alicyclic amines) is 1. The lowest BCUT2D eigenvalue weighted by atomic mass is 9.85. The number of β-amino-alcohol motifs (C(OH)–C–C–N with tert-alkyl or cyclic N) is 1. The Morgan fingerprint density at radius 3 is 2.39 bits per heavy atom. The van der Waals surface area contributed by atoms with Gasteiger partial charge in [0.2, 0.25) is 17.7 Å². The molecule has 0 unspecified atom stereocenters. The predicted octanol–water partition coefficient (Wildman–Crippen LogP) is 3.63. The lowest BCUT2D eigenvalue weighted by molar-refractivity contribution is -0.144. The average molecular weight is 512 g/mol. The summed E-state index contributed by atoms with van der Waals surface area (Å²) in [7, 11) is 0. The number of rotatable bonds is 7. The summed E-state index contributed by atoms with van der Waals surface area (Å²) in [5.74, 6) is -0.753. The van der Waals surface area contributed by atoms with Gasteiger partial charge in [-0.25, -0.2) is 0 Å². The maximum Gasteiger partial charge on any atom is 0.246 e. The van der Waals surface area contributed by atoms with Gasteiger partial charge in [0.05, 0.1) is 6.10 Å². The van der Waals surface area contributed by atoms with Gasteiger partial charge in [0, 0.05) is 29.8 Å². The number of benzene rings is 1. The van der Waals surface area contributed by atoms with Crippen molar-refractivity contribution in [2.75, 3.05) is 6.54 Å². The molecule has 36 heavy (non-hydrogen) atoms. The minimum atomic E-state index is -0.782. The van der Waals surface area contributed by atoms with Crippen LogP contribution < -0.4 is 10.6 Å². The van der Waals surface area contributed by atoms with Crippen molar-refractivity contribution < 1.29 is 19.5 Å². The summed E-state index contributed by atoms with van der Waals surface area (Å²) in [4.78, 5) is 42.2. The van der Waals surface area contributed by atoms with Crippen molar-refractivity contribution in [2.24, 2.45) is 10.8 Å². The highest BCUT2D eigenvalue weighted by Gasteiger charge is 2.49. The summed E-state index contributed by atoms with van der Waals surface area (Å²) in [6.07, 6.45) is 1.02. The van der Waals surface area contributed by atoms with E-state index in [1.54, 1.807) is 11.3 Å². The van der Waals surface area contributed by atoms with E-state index in [1.165, 1.54) is 15.3 Å². The summed E-state index contributed by atoms with van der Waals surface area (Å²) in [6, 6.07) is 8.61. The first kappa shape index (κ1) is 26.4. The van der Waals surface area contributed by atoms with Gasteiger partial charge >= 0.3 is 0 Å². The van der Waals surface area contributed by atoms with Crippen LogP contribution in [0.1, 0.15) is 58.1 Å². The second kappa shape index (κ2) is 9.98. The molecule has 2 fully saturated rings. The molecule has 7 nitrogen and oxygen atoms in total. The zero-order chi connectivity index (χ0) is 26.3. The van der Waals surface area contributed by atoms with Gasteiger partial charge in [-0.05, 0) is 53.3 Å². The quantitative estimate of drug-likeness (QED) is 0.529. The Labute approximate surface area is 217 Å². The third-order valence-corrected chi connectivity index (χ3v) is 8.41. The van der Waals surface area contributed by atoms with Gasteiger partial charge in [-0.2, -0.15) is 0 Å². The maximum absolute atomic E-state index is 13.6. The van der Waals surface area contributed by atoms with E-state index < -0.39 is 29.0 Å². The monoisotopic (exact) mass is 511 g/mol. The Morgan fingerprint density at radius 1 is 1.17 bits per heavy atom. The number of aliphatic hydroxyl groups is 1. The highest BCUT2D eigenvalue weighted by Crippen LogP contribution is 2.45. The molecule has 1 aromatic carbocycles. The molecule has 194 valence electrons. The van der Waals surface area contributed by atoms with Crippen LogP contribution in [0.25, 0.3) is 10.4 Å². The van der Waals surface area contributed by atoms with Gasteiger partial charge in [-0.1, -0.05) is 52.0 Å². The number of nitrogens with one attached hydrogen (secondary N) is 2. The lowest BCUT2D eigenvalue weighted by Crippen LogP contribution is -2.58. The van der Waals surface area contributed by atoms with Crippen LogP contribution in [-0.2, 0) is 20.9 Å². The van der Waals surface area contributed by atoms with Crippen molar-refractivity contribution in [1.29, 1.82) is 0 Å². The zero-order valence-electron chi connectivity index (χ0n) is 21.8. The van der Waals surface area contributed by atoms with Crippen LogP contribution in [0.5, 0.6) is 0 Å². The molecule has 3 atom stereocenters.